The lowest BCUT2D eigenvalue weighted by Gasteiger charge is -2.27. The van der Waals surface area contributed by atoms with Gasteiger partial charge in [0.25, 0.3) is 0 Å². The average Bonchev–Trinajstić information content (AvgIpc) is 3.40. The number of terminal acetylenes is 1. The van der Waals surface area contributed by atoms with Gasteiger partial charge in [-0.05, 0) is 88.2 Å². The molecule has 1 aliphatic heterocycles. The Morgan fingerprint density at radius 3 is 2.14 bits per heavy atom. The van der Waals surface area contributed by atoms with Crippen LogP contribution in [0.15, 0.2) is 157 Å². The molecule has 0 amide bonds. The second-order valence-electron chi connectivity index (χ2n) is 12.6. The second kappa shape index (κ2) is 15.2. The van der Waals surface area contributed by atoms with E-state index in [4.69, 9.17) is 9.47 Å². The Kier molecular flexibility index (Phi) is 10.8. The first-order valence-corrected chi connectivity index (χ1v) is 17.2. The minimum atomic E-state index is -0.138. The van der Waals surface area contributed by atoms with Crippen molar-refractivity contribution in [2.45, 2.75) is 53.9 Å². The third-order valence-electron chi connectivity index (χ3n) is 9.36. The van der Waals surface area contributed by atoms with Crippen molar-refractivity contribution in [1.82, 2.24) is 0 Å². The van der Waals surface area contributed by atoms with Crippen LogP contribution in [0.3, 0.4) is 0 Å². The van der Waals surface area contributed by atoms with E-state index in [9.17, 15) is 0 Å². The van der Waals surface area contributed by atoms with Crippen molar-refractivity contribution >= 4 is 21.9 Å². The molecular weight excluding hydrogens is 609 g/mol. The van der Waals surface area contributed by atoms with Crippen LogP contribution in [-0.4, -0.2) is 0 Å². The Hall–Kier alpha value is -5.78. The third kappa shape index (κ3) is 6.48. The van der Waals surface area contributed by atoms with E-state index in [1.54, 1.807) is 0 Å². The number of fused-ring (bicyclic) bond motifs is 6. The van der Waals surface area contributed by atoms with Gasteiger partial charge in [0.2, 0.25) is 0 Å². The topological polar surface area (TPSA) is 18.5 Å². The second-order valence-corrected chi connectivity index (χ2v) is 12.6. The Balaban J connectivity index is 0.00000117. The van der Waals surface area contributed by atoms with Crippen LogP contribution in [-0.2, 0) is 5.41 Å². The Labute approximate surface area is 298 Å². The van der Waals surface area contributed by atoms with Crippen LogP contribution in [0.5, 0.6) is 11.5 Å². The van der Waals surface area contributed by atoms with Gasteiger partial charge >= 0.3 is 0 Å². The molecule has 7 rings (SSSR count). The van der Waals surface area contributed by atoms with E-state index in [0.717, 1.165) is 56.2 Å². The molecule has 250 valence electrons. The van der Waals surface area contributed by atoms with Crippen LogP contribution in [0.4, 0.5) is 0 Å². The molecule has 0 unspecified atom stereocenters. The Morgan fingerprint density at radius 1 is 0.740 bits per heavy atom. The van der Waals surface area contributed by atoms with E-state index in [1.165, 1.54) is 27.5 Å². The van der Waals surface area contributed by atoms with Gasteiger partial charge in [0, 0.05) is 16.6 Å². The van der Waals surface area contributed by atoms with Gasteiger partial charge < -0.3 is 9.47 Å². The standard InChI is InChI=1S/C44H38O2.C2H6.C2H2/c1-7-34(42-30(4)45-40-25-24-39-41(43(40)46-42)37-21-13-14-23-38(37)44(39,5)6)33(26-28(2)31-16-9-8-10-17-31)27-29(3)35-22-15-19-32-18-11-12-20-36(32)35;2*1-2/h7-27H,3H2,1-2,4-6H3;1-2H3;1-2H/b28-26+,33-27+,34-7-;;. The summed E-state index contributed by atoms with van der Waals surface area (Å²) in [5, 5.41) is 2.37. The largest absolute Gasteiger partial charge is 0.454 e. The fraction of sp³-hybridized carbons (Fsp3) is 0.167. The first kappa shape index (κ1) is 35.5. The summed E-state index contributed by atoms with van der Waals surface area (Å²) in [7, 11) is 0. The summed E-state index contributed by atoms with van der Waals surface area (Å²) >= 11 is 0. The van der Waals surface area contributed by atoms with Crippen molar-refractivity contribution in [3.8, 4) is 35.5 Å². The minimum Gasteiger partial charge on any atom is -0.454 e. The van der Waals surface area contributed by atoms with Gasteiger partial charge in [0.1, 0.15) is 5.76 Å². The molecule has 0 N–H and O–H groups in total. The molecule has 0 fully saturated rings. The number of ether oxygens (including phenoxy) is 2. The molecule has 2 heteroatoms. The molecule has 5 aromatic rings. The van der Waals surface area contributed by atoms with Crippen molar-refractivity contribution in [1.29, 1.82) is 0 Å². The summed E-state index contributed by atoms with van der Waals surface area (Å²) in [6.07, 6.45) is 14.5. The van der Waals surface area contributed by atoms with Crippen LogP contribution >= 0.6 is 0 Å². The summed E-state index contributed by atoms with van der Waals surface area (Å²) in [5.41, 5.74) is 11.0. The van der Waals surface area contributed by atoms with Gasteiger partial charge in [-0.2, -0.15) is 0 Å². The Morgan fingerprint density at radius 2 is 1.40 bits per heavy atom. The molecule has 2 nitrogen and oxygen atoms in total. The molecule has 2 aliphatic rings. The highest BCUT2D eigenvalue weighted by atomic mass is 16.6. The van der Waals surface area contributed by atoms with E-state index in [2.05, 4.69) is 168 Å². The van der Waals surface area contributed by atoms with Crippen LogP contribution < -0.4 is 9.47 Å². The zero-order chi connectivity index (χ0) is 36.0. The van der Waals surface area contributed by atoms with Crippen LogP contribution in [0.1, 0.15) is 70.7 Å². The molecular formula is C48H46O2. The maximum Gasteiger partial charge on any atom is 0.178 e. The van der Waals surface area contributed by atoms with Crippen molar-refractivity contribution in [3.05, 3.63) is 179 Å². The molecule has 50 heavy (non-hydrogen) atoms. The first-order chi connectivity index (χ1) is 24.3. The first-order valence-electron chi connectivity index (χ1n) is 17.2. The smallest absolute Gasteiger partial charge is 0.178 e. The number of rotatable bonds is 6. The quantitative estimate of drug-likeness (QED) is 0.134. The zero-order valence-corrected chi connectivity index (χ0v) is 30.3. The Bertz CT molecular complexity index is 2190. The minimum absolute atomic E-state index is 0.138. The third-order valence-corrected chi connectivity index (χ3v) is 9.36. The normalized spacial score (nSPS) is 14.5. The van der Waals surface area contributed by atoms with Crippen molar-refractivity contribution in [3.63, 3.8) is 0 Å². The highest BCUT2D eigenvalue weighted by Crippen LogP contribution is 2.56. The van der Waals surface area contributed by atoms with E-state index in [-0.39, 0.29) is 5.41 Å². The van der Waals surface area contributed by atoms with E-state index < -0.39 is 0 Å². The van der Waals surface area contributed by atoms with E-state index in [1.807, 2.05) is 26.8 Å². The lowest BCUT2D eigenvalue weighted by molar-refractivity contribution is 0.303. The molecule has 0 atom stereocenters. The van der Waals surface area contributed by atoms with Gasteiger partial charge in [-0.25, -0.2) is 0 Å². The summed E-state index contributed by atoms with van der Waals surface area (Å²) in [6.45, 7) is 19.3. The summed E-state index contributed by atoms with van der Waals surface area (Å²) in [4.78, 5) is 0. The number of allylic oxidation sites excluding steroid dienone is 7. The monoisotopic (exact) mass is 654 g/mol. The van der Waals surface area contributed by atoms with Gasteiger partial charge in [-0.3, -0.25) is 0 Å². The highest BCUT2D eigenvalue weighted by Gasteiger charge is 2.39. The number of hydrogen-bond donors (Lipinski definition) is 0. The molecule has 0 spiro atoms. The fourth-order valence-electron chi connectivity index (χ4n) is 6.97. The van der Waals surface area contributed by atoms with E-state index >= 15 is 0 Å². The number of benzene rings is 5. The van der Waals surface area contributed by atoms with Crippen LogP contribution in [0.2, 0.25) is 0 Å². The van der Waals surface area contributed by atoms with Crippen molar-refractivity contribution in [2.75, 3.05) is 0 Å². The summed E-state index contributed by atoms with van der Waals surface area (Å²) in [6, 6.07) is 38.2. The summed E-state index contributed by atoms with van der Waals surface area (Å²) in [5.74, 6) is 2.94. The predicted octanol–water partition coefficient (Wildman–Crippen LogP) is 13.1. The van der Waals surface area contributed by atoms with Gasteiger partial charge in [0.15, 0.2) is 17.3 Å². The number of hydrogen-bond acceptors (Lipinski definition) is 2. The average molecular weight is 655 g/mol. The van der Waals surface area contributed by atoms with Crippen LogP contribution in [0, 0.1) is 12.8 Å². The molecule has 0 saturated carbocycles. The van der Waals surface area contributed by atoms with Crippen molar-refractivity contribution in [2.24, 2.45) is 0 Å². The zero-order valence-electron chi connectivity index (χ0n) is 30.3. The van der Waals surface area contributed by atoms with Crippen molar-refractivity contribution < 1.29 is 9.47 Å². The SMILES string of the molecule is C#C.C=C(/C=C(\C=C(/C)c1ccccc1)C(=C/C)/C1=C(C)Oc2ccc3c(c2O1)-c1ccccc1C3(C)C)c1cccc2ccccc12.CC. The highest BCUT2D eigenvalue weighted by molar-refractivity contribution is 5.96. The fourth-order valence-corrected chi connectivity index (χ4v) is 6.97. The van der Waals surface area contributed by atoms with Gasteiger partial charge in [-0.15, -0.1) is 12.8 Å². The van der Waals surface area contributed by atoms with Gasteiger partial charge in [-0.1, -0.05) is 150 Å². The summed E-state index contributed by atoms with van der Waals surface area (Å²) < 4.78 is 13.6. The lowest BCUT2D eigenvalue weighted by Crippen LogP contribution is -2.16. The van der Waals surface area contributed by atoms with Gasteiger partial charge in [0.05, 0.1) is 0 Å². The molecule has 0 aromatic heterocycles. The maximum atomic E-state index is 7.00. The molecule has 1 aliphatic carbocycles. The molecule has 0 saturated heterocycles. The predicted molar refractivity (Wildman–Crippen MR) is 214 cm³/mol. The maximum absolute atomic E-state index is 7.00. The molecule has 0 radical (unpaired) electrons. The molecule has 0 bridgehead atoms. The van der Waals surface area contributed by atoms with Crippen LogP contribution in [0.25, 0.3) is 33.0 Å². The van der Waals surface area contributed by atoms with E-state index in [0.29, 0.717) is 5.76 Å². The lowest BCUT2D eigenvalue weighted by atomic mass is 9.82. The molecule has 1 heterocycles. The molecule has 5 aromatic carbocycles.